The van der Waals surface area contributed by atoms with E-state index in [2.05, 4.69) is 44.8 Å². The fourth-order valence-corrected chi connectivity index (χ4v) is 3.74. The second-order valence-electron chi connectivity index (χ2n) is 7.62. The molecule has 1 unspecified atom stereocenters. The molecule has 2 aromatic rings. The second kappa shape index (κ2) is 13.4. The van der Waals surface area contributed by atoms with E-state index >= 15 is 0 Å². The summed E-state index contributed by atoms with van der Waals surface area (Å²) in [5.74, 6) is 2.02. The lowest BCUT2D eigenvalue weighted by Gasteiger charge is -2.34. The molecule has 0 spiro atoms. The summed E-state index contributed by atoms with van der Waals surface area (Å²) >= 11 is 0. The number of guanidine groups is 1. The van der Waals surface area contributed by atoms with Crippen LogP contribution in [0.1, 0.15) is 31.4 Å². The Morgan fingerprint density at radius 1 is 1.09 bits per heavy atom. The number of ether oxygens (including phenoxy) is 2. The molecule has 32 heavy (non-hydrogen) atoms. The van der Waals surface area contributed by atoms with E-state index in [1.165, 1.54) is 5.69 Å². The molecule has 1 aliphatic heterocycles. The number of methoxy groups -OCH3 is 2. The Labute approximate surface area is 208 Å². The highest BCUT2D eigenvalue weighted by atomic mass is 127. The van der Waals surface area contributed by atoms with Crippen molar-refractivity contribution in [3.8, 4) is 11.5 Å². The van der Waals surface area contributed by atoms with E-state index in [4.69, 9.17) is 9.47 Å². The molecule has 0 radical (unpaired) electrons. The summed E-state index contributed by atoms with van der Waals surface area (Å²) in [5, 5.41) is 17.5. The number of hydrogen-bond donors (Lipinski definition) is 3. The van der Waals surface area contributed by atoms with Gasteiger partial charge in [0, 0.05) is 37.4 Å². The molecule has 8 heteroatoms. The van der Waals surface area contributed by atoms with Gasteiger partial charge in [-0.2, -0.15) is 0 Å². The molecule has 3 rings (SSSR count). The lowest BCUT2D eigenvalue weighted by molar-refractivity contribution is 0.186. The van der Waals surface area contributed by atoms with Crippen LogP contribution in [0.5, 0.6) is 11.5 Å². The minimum Gasteiger partial charge on any atom is -0.497 e. The van der Waals surface area contributed by atoms with Gasteiger partial charge in [-0.25, -0.2) is 0 Å². The average Bonchev–Trinajstić information content (AvgIpc) is 2.83. The first-order valence-corrected chi connectivity index (χ1v) is 10.9. The minimum atomic E-state index is -0.751. The van der Waals surface area contributed by atoms with Crippen molar-refractivity contribution in [2.75, 3.05) is 45.3 Å². The number of hydrogen-bond acceptors (Lipinski definition) is 5. The minimum absolute atomic E-state index is 0. The summed E-state index contributed by atoms with van der Waals surface area (Å²) in [5.41, 5.74) is 1.99. The van der Waals surface area contributed by atoms with Crippen molar-refractivity contribution >= 4 is 35.6 Å². The maximum absolute atomic E-state index is 10.7. The zero-order valence-electron chi connectivity index (χ0n) is 19.1. The molecule has 1 aliphatic rings. The first-order valence-electron chi connectivity index (χ1n) is 10.9. The Hall–Kier alpha value is -2.20. The Morgan fingerprint density at radius 2 is 1.72 bits per heavy atom. The fraction of sp³-hybridized carbons (Fsp3) is 0.458. The number of piperidine rings is 1. The normalized spacial score (nSPS) is 15.5. The average molecular weight is 554 g/mol. The van der Waals surface area contributed by atoms with E-state index in [1.807, 2.05) is 25.1 Å². The number of para-hydroxylation sites is 1. The molecule has 0 bridgehead atoms. The highest BCUT2D eigenvalue weighted by molar-refractivity contribution is 14.0. The van der Waals surface area contributed by atoms with E-state index in [0.717, 1.165) is 38.4 Å². The van der Waals surface area contributed by atoms with Crippen molar-refractivity contribution in [3.63, 3.8) is 0 Å². The standard InChI is InChI=1S/C24H34N4O3.HI/c1-4-25-24(26-17-23(29)18-14-21(30-2)16-22(15-18)31-3)27-19-10-12-28(13-11-19)20-8-6-5-7-9-20;/h5-9,14-16,19,23,29H,4,10-13,17H2,1-3H3,(H2,25,26,27);1H. The van der Waals surface area contributed by atoms with Crippen LogP contribution in [0.15, 0.2) is 53.5 Å². The van der Waals surface area contributed by atoms with Gasteiger partial charge in [0.25, 0.3) is 0 Å². The van der Waals surface area contributed by atoms with Gasteiger partial charge in [0.15, 0.2) is 5.96 Å². The fourth-order valence-electron chi connectivity index (χ4n) is 3.74. The number of halogens is 1. The summed E-state index contributed by atoms with van der Waals surface area (Å²) in [4.78, 5) is 7.04. The third-order valence-electron chi connectivity index (χ3n) is 5.48. The van der Waals surface area contributed by atoms with Gasteiger partial charge in [0.2, 0.25) is 0 Å². The quantitative estimate of drug-likeness (QED) is 0.263. The summed E-state index contributed by atoms with van der Waals surface area (Å²) < 4.78 is 10.6. The topological polar surface area (TPSA) is 78.4 Å². The summed E-state index contributed by atoms with van der Waals surface area (Å²) in [7, 11) is 3.19. The van der Waals surface area contributed by atoms with Crippen molar-refractivity contribution in [1.82, 2.24) is 10.6 Å². The summed E-state index contributed by atoms with van der Waals surface area (Å²) in [6, 6.07) is 16.3. The molecule has 0 aromatic heterocycles. The van der Waals surface area contributed by atoms with Crippen molar-refractivity contribution < 1.29 is 14.6 Å². The number of nitrogens with zero attached hydrogens (tertiary/aromatic N) is 2. The van der Waals surface area contributed by atoms with Gasteiger partial charge in [-0.1, -0.05) is 18.2 Å². The Bertz CT molecular complexity index is 820. The largest absolute Gasteiger partial charge is 0.497 e. The number of anilines is 1. The molecule has 1 saturated heterocycles. The maximum atomic E-state index is 10.7. The predicted molar refractivity (Wildman–Crippen MR) is 141 cm³/mol. The molecule has 1 heterocycles. The van der Waals surface area contributed by atoms with Crippen molar-refractivity contribution in [3.05, 3.63) is 54.1 Å². The van der Waals surface area contributed by atoms with Gasteiger partial charge in [0.1, 0.15) is 11.5 Å². The Morgan fingerprint density at radius 3 is 2.28 bits per heavy atom. The third kappa shape index (κ3) is 7.44. The molecule has 0 saturated carbocycles. The second-order valence-corrected chi connectivity index (χ2v) is 7.62. The highest BCUT2D eigenvalue weighted by Crippen LogP contribution is 2.26. The van der Waals surface area contributed by atoms with Crippen LogP contribution in [0.2, 0.25) is 0 Å². The molecule has 1 atom stereocenters. The monoisotopic (exact) mass is 554 g/mol. The van der Waals surface area contributed by atoms with Crippen molar-refractivity contribution in [2.45, 2.75) is 31.9 Å². The highest BCUT2D eigenvalue weighted by Gasteiger charge is 2.20. The van der Waals surface area contributed by atoms with E-state index in [-0.39, 0.29) is 30.5 Å². The van der Waals surface area contributed by atoms with E-state index in [1.54, 1.807) is 20.3 Å². The molecule has 2 aromatic carbocycles. The molecule has 0 aliphatic carbocycles. The van der Waals surface area contributed by atoms with Crippen LogP contribution in [0, 0.1) is 0 Å². The zero-order valence-corrected chi connectivity index (χ0v) is 21.4. The molecule has 176 valence electrons. The van der Waals surface area contributed by atoms with Gasteiger partial charge < -0.3 is 30.1 Å². The molecule has 1 fully saturated rings. The smallest absolute Gasteiger partial charge is 0.191 e. The number of rotatable bonds is 8. The third-order valence-corrected chi connectivity index (χ3v) is 5.48. The Kier molecular flexibility index (Phi) is 10.9. The lowest BCUT2D eigenvalue weighted by Crippen LogP contribution is -2.48. The SMILES string of the molecule is CCNC(=NCC(O)c1cc(OC)cc(OC)c1)NC1CCN(c2ccccc2)CC1.I. The number of nitrogens with one attached hydrogen (secondary N) is 2. The van der Waals surface area contributed by atoms with Crippen LogP contribution >= 0.6 is 24.0 Å². The predicted octanol–water partition coefficient (Wildman–Crippen LogP) is 3.58. The van der Waals surface area contributed by atoms with Crippen LogP contribution in [-0.2, 0) is 0 Å². The van der Waals surface area contributed by atoms with Gasteiger partial charge in [-0.05, 0) is 49.6 Å². The zero-order chi connectivity index (χ0) is 22.1. The number of aliphatic hydroxyl groups is 1. The van der Waals surface area contributed by atoms with E-state index in [9.17, 15) is 5.11 Å². The van der Waals surface area contributed by atoms with E-state index < -0.39 is 6.10 Å². The summed E-state index contributed by atoms with van der Waals surface area (Å²) in [6.07, 6.45) is 1.32. The number of benzene rings is 2. The van der Waals surface area contributed by atoms with Gasteiger partial charge in [-0.3, -0.25) is 4.99 Å². The van der Waals surface area contributed by atoms with Crippen LogP contribution in [0.3, 0.4) is 0 Å². The molecule has 3 N–H and O–H groups in total. The van der Waals surface area contributed by atoms with Gasteiger partial charge in [-0.15, -0.1) is 24.0 Å². The van der Waals surface area contributed by atoms with Gasteiger partial charge in [0.05, 0.1) is 26.9 Å². The number of aliphatic hydroxyl groups excluding tert-OH is 1. The molecule has 0 amide bonds. The van der Waals surface area contributed by atoms with E-state index in [0.29, 0.717) is 23.1 Å². The first-order chi connectivity index (χ1) is 15.1. The van der Waals surface area contributed by atoms with Gasteiger partial charge >= 0.3 is 0 Å². The summed E-state index contributed by atoms with van der Waals surface area (Å²) in [6.45, 7) is 5.06. The lowest BCUT2D eigenvalue weighted by atomic mass is 10.0. The van der Waals surface area contributed by atoms with Crippen LogP contribution in [-0.4, -0.2) is 57.5 Å². The van der Waals surface area contributed by atoms with Crippen LogP contribution in [0.25, 0.3) is 0 Å². The van der Waals surface area contributed by atoms with Crippen molar-refractivity contribution in [2.24, 2.45) is 4.99 Å². The van der Waals surface area contributed by atoms with Crippen LogP contribution in [0.4, 0.5) is 5.69 Å². The Balaban J connectivity index is 0.00000363. The molecular formula is C24H35IN4O3. The van der Waals surface area contributed by atoms with Crippen LogP contribution < -0.4 is 25.0 Å². The molecular weight excluding hydrogens is 519 g/mol. The molecule has 7 nitrogen and oxygen atoms in total. The first kappa shape index (κ1) is 26.1. The number of aliphatic imine (C=N–C) groups is 1. The van der Waals surface area contributed by atoms with Crippen molar-refractivity contribution in [1.29, 1.82) is 0 Å². The maximum Gasteiger partial charge on any atom is 0.191 e.